The van der Waals surface area contributed by atoms with Gasteiger partial charge in [0, 0.05) is 16.5 Å². The molecular formula is C9H3Br3OS2. The summed E-state index contributed by atoms with van der Waals surface area (Å²) in [5.41, 5.74) is 1.43. The Morgan fingerprint density at radius 2 is 1.87 bits per heavy atom. The lowest BCUT2D eigenvalue weighted by Gasteiger charge is -1.94. The lowest BCUT2D eigenvalue weighted by Crippen LogP contribution is -1.97. The van der Waals surface area contributed by atoms with Gasteiger partial charge in [-0.1, -0.05) is 0 Å². The van der Waals surface area contributed by atoms with Crippen LogP contribution in [0.15, 0.2) is 28.9 Å². The lowest BCUT2D eigenvalue weighted by atomic mass is 10.1. The van der Waals surface area contributed by atoms with Crippen LogP contribution in [0.25, 0.3) is 0 Å². The molecule has 0 saturated carbocycles. The third-order valence-corrected chi connectivity index (χ3v) is 5.57. The molecule has 2 aromatic heterocycles. The van der Waals surface area contributed by atoms with Gasteiger partial charge in [0.1, 0.15) is 0 Å². The number of carbonyl (C=O) groups excluding carboxylic acids is 1. The van der Waals surface area contributed by atoms with Crippen LogP contribution in [0.5, 0.6) is 0 Å². The highest BCUT2D eigenvalue weighted by molar-refractivity contribution is 9.12. The zero-order chi connectivity index (χ0) is 11.0. The number of carbonyl (C=O) groups is 1. The highest BCUT2D eigenvalue weighted by atomic mass is 79.9. The summed E-state index contributed by atoms with van der Waals surface area (Å²) in [5, 5.41) is 1.85. The fourth-order valence-corrected chi connectivity index (χ4v) is 5.01. The average molecular weight is 431 g/mol. The van der Waals surface area contributed by atoms with Crippen molar-refractivity contribution in [3.8, 4) is 0 Å². The highest BCUT2D eigenvalue weighted by Gasteiger charge is 2.16. The molecule has 2 aromatic rings. The van der Waals surface area contributed by atoms with Crippen LogP contribution in [-0.4, -0.2) is 5.78 Å². The second-order valence-electron chi connectivity index (χ2n) is 2.71. The minimum atomic E-state index is 0.0470. The normalized spacial score (nSPS) is 10.6. The molecule has 0 saturated heterocycles. The van der Waals surface area contributed by atoms with Gasteiger partial charge in [-0.25, -0.2) is 0 Å². The van der Waals surface area contributed by atoms with Crippen molar-refractivity contribution in [2.24, 2.45) is 0 Å². The van der Waals surface area contributed by atoms with E-state index in [0.29, 0.717) is 5.56 Å². The van der Waals surface area contributed by atoms with E-state index in [9.17, 15) is 4.79 Å². The van der Waals surface area contributed by atoms with Gasteiger partial charge in [0.25, 0.3) is 0 Å². The van der Waals surface area contributed by atoms with Gasteiger partial charge in [0.05, 0.1) is 11.4 Å². The van der Waals surface area contributed by atoms with E-state index >= 15 is 0 Å². The SMILES string of the molecule is O=C(c1csc(Br)c1)c1cc(Br)sc1Br. The Bertz CT molecular complexity index is 515. The zero-order valence-electron chi connectivity index (χ0n) is 7.09. The molecule has 0 spiro atoms. The monoisotopic (exact) mass is 428 g/mol. The molecule has 1 nitrogen and oxygen atoms in total. The molecule has 2 heterocycles. The van der Waals surface area contributed by atoms with Crippen LogP contribution in [0.2, 0.25) is 0 Å². The van der Waals surface area contributed by atoms with Gasteiger partial charge >= 0.3 is 0 Å². The summed E-state index contributed by atoms with van der Waals surface area (Å²) in [6.45, 7) is 0. The molecule has 0 atom stereocenters. The van der Waals surface area contributed by atoms with Gasteiger partial charge < -0.3 is 0 Å². The minimum absolute atomic E-state index is 0.0470. The van der Waals surface area contributed by atoms with Crippen molar-refractivity contribution in [3.63, 3.8) is 0 Å². The molecule has 0 unspecified atom stereocenters. The number of halogens is 3. The summed E-state index contributed by atoms with van der Waals surface area (Å²) in [6.07, 6.45) is 0. The first kappa shape index (κ1) is 12.0. The summed E-state index contributed by atoms with van der Waals surface area (Å²) in [6, 6.07) is 3.67. The lowest BCUT2D eigenvalue weighted by molar-refractivity contribution is 0.103. The van der Waals surface area contributed by atoms with Crippen LogP contribution in [0.4, 0.5) is 0 Å². The minimum Gasteiger partial charge on any atom is -0.289 e. The first-order chi connectivity index (χ1) is 7.08. The number of hydrogen-bond acceptors (Lipinski definition) is 3. The summed E-state index contributed by atoms with van der Waals surface area (Å²) < 4.78 is 2.78. The van der Waals surface area contributed by atoms with Crippen LogP contribution in [0.1, 0.15) is 15.9 Å². The second kappa shape index (κ2) is 4.79. The summed E-state index contributed by atoms with van der Waals surface area (Å²) in [4.78, 5) is 12.0. The maximum Gasteiger partial charge on any atom is 0.195 e. The number of ketones is 1. The van der Waals surface area contributed by atoms with Gasteiger partial charge in [-0.05, 0) is 59.9 Å². The van der Waals surface area contributed by atoms with Crippen molar-refractivity contribution >= 4 is 76.2 Å². The van der Waals surface area contributed by atoms with Crippen LogP contribution in [-0.2, 0) is 0 Å². The molecule has 0 bridgehead atoms. The summed E-state index contributed by atoms with van der Waals surface area (Å²) in [5.74, 6) is 0.0470. The standard InChI is InChI=1S/C9H3Br3OS2/c10-6-1-4(3-14-6)8(13)5-2-7(11)15-9(5)12/h1-3H. The fraction of sp³-hybridized carbons (Fsp3) is 0. The predicted octanol–water partition coefficient (Wildman–Crippen LogP) is 5.33. The van der Waals surface area contributed by atoms with Crippen molar-refractivity contribution < 1.29 is 4.79 Å². The molecule has 0 fully saturated rings. The van der Waals surface area contributed by atoms with Crippen LogP contribution in [0.3, 0.4) is 0 Å². The summed E-state index contributed by atoms with van der Waals surface area (Å²) in [7, 11) is 0. The zero-order valence-corrected chi connectivity index (χ0v) is 13.5. The Kier molecular flexibility index (Phi) is 3.83. The smallest absolute Gasteiger partial charge is 0.195 e. The molecule has 15 heavy (non-hydrogen) atoms. The van der Waals surface area contributed by atoms with Gasteiger partial charge in [-0.3, -0.25) is 4.79 Å². The molecule has 78 valence electrons. The van der Waals surface area contributed by atoms with E-state index in [1.54, 1.807) is 0 Å². The van der Waals surface area contributed by atoms with E-state index in [1.807, 2.05) is 17.5 Å². The third kappa shape index (κ3) is 2.61. The predicted molar refractivity (Wildman–Crippen MR) is 75.2 cm³/mol. The molecule has 0 N–H and O–H groups in total. The van der Waals surface area contributed by atoms with E-state index in [2.05, 4.69) is 47.8 Å². The Morgan fingerprint density at radius 3 is 2.33 bits per heavy atom. The maximum absolute atomic E-state index is 12.0. The highest BCUT2D eigenvalue weighted by Crippen LogP contribution is 2.34. The topological polar surface area (TPSA) is 17.1 Å². The fourth-order valence-electron chi connectivity index (χ4n) is 1.08. The molecule has 2 rings (SSSR count). The summed E-state index contributed by atoms with van der Waals surface area (Å²) >= 11 is 13.1. The van der Waals surface area contributed by atoms with Crippen LogP contribution in [0, 0.1) is 0 Å². The second-order valence-corrected chi connectivity index (χ2v) is 8.75. The van der Waals surface area contributed by atoms with Crippen molar-refractivity contribution in [3.05, 3.63) is 40.0 Å². The van der Waals surface area contributed by atoms with E-state index in [4.69, 9.17) is 0 Å². The largest absolute Gasteiger partial charge is 0.289 e. The van der Waals surface area contributed by atoms with Crippen molar-refractivity contribution in [1.29, 1.82) is 0 Å². The molecular weight excluding hydrogens is 428 g/mol. The Labute approximate surface area is 120 Å². The average Bonchev–Trinajstić information content (AvgIpc) is 2.71. The van der Waals surface area contributed by atoms with Gasteiger partial charge in [-0.15, -0.1) is 22.7 Å². The maximum atomic E-state index is 12.0. The van der Waals surface area contributed by atoms with Gasteiger partial charge in [0.15, 0.2) is 5.78 Å². The Balaban J connectivity index is 2.40. The van der Waals surface area contributed by atoms with Gasteiger partial charge in [-0.2, -0.15) is 0 Å². The van der Waals surface area contributed by atoms with E-state index < -0.39 is 0 Å². The van der Waals surface area contributed by atoms with Crippen LogP contribution < -0.4 is 0 Å². The Hall–Kier alpha value is 0.510. The van der Waals surface area contributed by atoms with Crippen molar-refractivity contribution in [1.82, 2.24) is 0 Å². The number of thiophene rings is 2. The molecule has 0 aliphatic rings. The first-order valence-corrected chi connectivity index (χ1v) is 7.89. The molecule has 6 heteroatoms. The van der Waals surface area contributed by atoms with Crippen molar-refractivity contribution in [2.75, 3.05) is 0 Å². The van der Waals surface area contributed by atoms with Crippen LogP contribution >= 0.6 is 70.5 Å². The third-order valence-electron chi connectivity index (χ3n) is 1.73. The van der Waals surface area contributed by atoms with E-state index in [-0.39, 0.29) is 5.78 Å². The quantitative estimate of drug-likeness (QED) is 0.588. The molecule has 0 aromatic carbocycles. The first-order valence-electron chi connectivity index (χ1n) is 3.81. The molecule has 0 aliphatic heterocycles. The van der Waals surface area contributed by atoms with Gasteiger partial charge in [0.2, 0.25) is 0 Å². The van der Waals surface area contributed by atoms with E-state index in [0.717, 1.165) is 16.9 Å². The van der Waals surface area contributed by atoms with Crippen molar-refractivity contribution in [2.45, 2.75) is 0 Å². The number of rotatable bonds is 2. The number of hydrogen-bond donors (Lipinski definition) is 0. The van der Waals surface area contributed by atoms with E-state index in [1.165, 1.54) is 22.7 Å². The molecule has 0 amide bonds. The Morgan fingerprint density at radius 1 is 1.13 bits per heavy atom. The molecule has 0 radical (unpaired) electrons. The molecule has 0 aliphatic carbocycles.